The van der Waals surface area contributed by atoms with Gasteiger partial charge < -0.3 is 20.7 Å². The average Bonchev–Trinajstić information content (AvgIpc) is 2.37. The zero-order valence-corrected chi connectivity index (χ0v) is 10.1. The smallest absolute Gasteiger partial charge is 0.337 e. The molecule has 6 heteroatoms. The number of hydrogen-bond acceptors (Lipinski definition) is 5. The minimum absolute atomic E-state index is 0.0299. The number of nitrogens with zero attached hydrogens (tertiary/aromatic N) is 1. The third kappa shape index (κ3) is 2.37. The van der Waals surface area contributed by atoms with Crippen LogP contribution in [0.4, 0.5) is 11.4 Å². The van der Waals surface area contributed by atoms with E-state index in [9.17, 15) is 9.59 Å². The summed E-state index contributed by atoms with van der Waals surface area (Å²) in [7, 11) is 1.32. The summed E-state index contributed by atoms with van der Waals surface area (Å²) in [5, 5.41) is 2.74. The number of piperazine rings is 1. The third-order valence-corrected chi connectivity index (χ3v) is 2.83. The summed E-state index contributed by atoms with van der Waals surface area (Å²) < 4.78 is 4.62. The first kappa shape index (κ1) is 12.2. The molecule has 0 aromatic heterocycles. The Balaban J connectivity index is 2.24. The fourth-order valence-electron chi connectivity index (χ4n) is 1.93. The molecule has 0 saturated carbocycles. The topological polar surface area (TPSA) is 84.7 Å². The van der Waals surface area contributed by atoms with Crippen molar-refractivity contribution in [3.05, 3.63) is 23.8 Å². The minimum Gasteiger partial charge on any atom is -0.465 e. The first-order valence-corrected chi connectivity index (χ1v) is 5.61. The predicted octanol–water partition coefficient (Wildman–Crippen LogP) is -0.00840. The van der Waals surface area contributed by atoms with Gasteiger partial charge in [-0.1, -0.05) is 0 Å². The van der Waals surface area contributed by atoms with Gasteiger partial charge in [0, 0.05) is 13.1 Å². The van der Waals surface area contributed by atoms with Gasteiger partial charge in [-0.25, -0.2) is 4.79 Å². The quantitative estimate of drug-likeness (QED) is 0.569. The second kappa shape index (κ2) is 4.95. The molecule has 1 aliphatic heterocycles. The number of nitrogens with one attached hydrogen (secondary N) is 1. The van der Waals surface area contributed by atoms with E-state index in [1.54, 1.807) is 18.2 Å². The number of amides is 1. The average molecular weight is 249 g/mol. The highest BCUT2D eigenvalue weighted by atomic mass is 16.5. The first-order chi connectivity index (χ1) is 8.61. The zero-order chi connectivity index (χ0) is 13.1. The van der Waals surface area contributed by atoms with Crippen molar-refractivity contribution in [3.63, 3.8) is 0 Å². The van der Waals surface area contributed by atoms with Gasteiger partial charge in [0.1, 0.15) is 0 Å². The molecule has 96 valence electrons. The molecule has 2 rings (SSSR count). The van der Waals surface area contributed by atoms with E-state index in [4.69, 9.17) is 5.73 Å². The van der Waals surface area contributed by atoms with Crippen molar-refractivity contribution in [1.29, 1.82) is 0 Å². The second-order valence-electron chi connectivity index (χ2n) is 4.04. The SMILES string of the molecule is COC(=O)c1ccc(N2CCNC(=O)C2)c(N)c1. The normalized spacial score (nSPS) is 15.2. The molecule has 1 amide bonds. The van der Waals surface area contributed by atoms with Crippen molar-refractivity contribution in [2.24, 2.45) is 0 Å². The number of rotatable bonds is 2. The van der Waals surface area contributed by atoms with E-state index in [0.29, 0.717) is 24.3 Å². The third-order valence-electron chi connectivity index (χ3n) is 2.83. The molecule has 0 spiro atoms. The molecule has 18 heavy (non-hydrogen) atoms. The maximum atomic E-state index is 11.3. The molecule has 0 atom stereocenters. The number of hydrogen-bond donors (Lipinski definition) is 2. The van der Waals surface area contributed by atoms with Crippen LogP contribution in [-0.2, 0) is 9.53 Å². The number of nitrogens with two attached hydrogens (primary N) is 1. The van der Waals surface area contributed by atoms with Gasteiger partial charge in [0.15, 0.2) is 0 Å². The van der Waals surface area contributed by atoms with Crippen LogP contribution in [0.1, 0.15) is 10.4 Å². The summed E-state index contributed by atoms with van der Waals surface area (Å²) in [5.41, 5.74) is 7.54. The van der Waals surface area contributed by atoms with E-state index in [-0.39, 0.29) is 12.5 Å². The molecule has 0 unspecified atom stereocenters. The molecule has 1 fully saturated rings. The molecule has 3 N–H and O–H groups in total. The molecule has 1 aromatic rings. The van der Waals surface area contributed by atoms with Crippen molar-refractivity contribution in [3.8, 4) is 0 Å². The second-order valence-corrected chi connectivity index (χ2v) is 4.04. The summed E-state index contributed by atoms with van der Waals surface area (Å²) in [6, 6.07) is 4.94. The standard InChI is InChI=1S/C12H15N3O3/c1-18-12(17)8-2-3-10(9(13)6-8)15-5-4-14-11(16)7-15/h2-3,6H,4-5,7,13H2,1H3,(H,14,16). The van der Waals surface area contributed by atoms with Gasteiger partial charge in [-0.15, -0.1) is 0 Å². The van der Waals surface area contributed by atoms with E-state index >= 15 is 0 Å². The molecule has 0 bridgehead atoms. The number of esters is 1. The molecular weight excluding hydrogens is 234 g/mol. The molecular formula is C12H15N3O3. The minimum atomic E-state index is -0.426. The number of nitrogen functional groups attached to an aromatic ring is 1. The van der Waals surface area contributed by atoms with Crippen LogP contribution in [0.5, 0.6) is 0 Å². The number of carbonyl (C=O) groups excluding carboxylic acids is 2. The molecule has 1 aliphatic rings. The van der Waals surface area contributed by atoms with Crippen molar-refractivity contribution >= 4 is 23.3 Å². The van der Waals surface area contributed by atoms with Crippen LogP contribution in [0, 0.1) is 0 Å². The Morgan fingerprint density at radius 2 is 2.28 bits per heavy atom. The van der Waals surface area contributed by atoms with Crippen LogP contribution in [0.15, 0.2) is 18.2 Å². The largest absolute Gasteiger partial charge is 0.465 e. The summed E-state index contributed by atoms with van der Waals surface area (Å²) in [6.45, 7) is 1.58. The Kier molecular flexibility index (Phi) is 3.36. The molecule has 6 nitrogen and oxygen atoms in total. The van der Waals surface area contributed by atoms with Crippen LogP contribution < -0.4 is 16.0 Å². The van der Waals surface area contributed by atoms with Gasteiger partial charge >= 0.3 is 5.97 Å². The van der Waals surface area contributed by atoms with Crippen molar-refractivity contribution in [1.82, 2.24) is 5.32 Å². The number of benzene rings is 1. The van der Waals surface area contributed by atoms with E-state index in [1.165, 1.54) is 7.11 Å². The maximum Gasteiger partial charge on any atom is 0.337 e. The van der Waals surface area contributed by atoms with E-state index in [2.05, 4.69) is 10.1 Å². The van der Waals surface area contributed by atoms with Crippen molar-refractivity contribution in [2.45, 2.75) is 0 Å². The lowest BCUT2D eigenvalue weighted by Crippen LogP contribution is -2.47. The molecule has 1 saturated heterocycles. The lowest BCUT2D eigenvalue weighted by molar-refractivity contribution is -0.120. The molecule has 0 aliphatic carbocycles. The Morgan fingerprint density at radius 3 is 2.89 bits per heavy atom. The number of ether oxygens (including phenoxy) is 1. The lowest BCUT2D eigenvalue weighted by Gasteiger charge is -2.29. The fourth-order valence-corrected chi connectivity index (χ4v) is 1.93. The highest BCUT2D eigenvalue weighted by Crippen LogP contribution is 2.25. The van der Waals surface area contributed by atoms with Gasteiger partial charge in [-0.05, 0) is 18.2 Å². The van der Waals surface area contributed by atoms with Gasteiger partial charge in [0.2, 0.25) is 5.91 Å². The van der Waals surface area contributed by atoms with Crippen LogP contribution >= 0.6 is 0 Å². The molecule has 1 heterocycles. The number of carbonyl (C=O) groups is 2. The maximum absolute atomic E-state index is 11.3. The number of anilines is 2. The molecule has 1 aromatic carbocycles. The van der Waals surface area contributed by atoms with Gasteiger partial charge in [0.25, 0.3) is 0 Å². The van der Waals surface area contributed by atoms with Gasteiger partial charge in [0.05, 0.1) is 30.6 Å². The Hall–Kier alpha value is -2.24. The predicted molar refractivity (Wildman–Crippen MR) is 67.4 cm³/mol. The summed E-state index contributed by atoms with van der Waals surface area (Å²) in [6.07, 6.45) is 0. The van der Waals surface area contributed by atoms with Crippen LogP contribution in [-0.4, -0.2) is 38.6 Å². The lowest BCUT2D eigenvalue weighted by atomic mass is 10.1. The highest BCUT2D eigenvalue weighted by molar-refractivity contribution is 5.92. The summed E-state index contributed by atoms with van der Waals surface area (Å²) in [4.78, 5) is 24.5. The van der Waals surface area contributed by atoms with Crippen molar-refractivity contribution in [2.75, 3.05) is 37.4 Å². The molecule has 0 radical (unpaired) electrons. The van der Waals surface area contributed by atoms with Gasteiger partial charge in [-0.2, -0.15) is 0 Å². The Morgan fingerprint density at radius 1 is 1.50 bits per heavy atom. The number of methoxy groups -OCH3 is 1. The van der Waals surface area contributed by atoms with E-state index in [0.717, 1.165) is 5.69 Å². The van der Waals surface area contributed by atoms with Crippen molar-refractivity contribution < 1.29 is 14.3 Å². The van der Waals surface area contributed by atoms with E-state index in [1.807, 2.05) is 4.90 Å². The summed E-state index contributed by atoms with van der Waals surface area (Å²) >= 11 is 0. The van der Waals surface area contributed by atoms with Crippen LogP contribution in [0.2, 0.25) is 0 Å². The Bertz CT molecular complexity index is 487. The zero-order valence-electron chi connectivity index (χ0n) is 10.1. The fraction of sp³-hybridized carbons (Fsp3) is 0.333. The monoisotopic (exact) mass is 249 g/mol. The first-order valence-electron chi connectivity index (χ1n) is 5.61. The van der Waals surface area contributed by atoms with Crippen LogP contribution in [0.25, 0.3) is 0 Å². The van der Waals surface area contributed by atoms with Crippen LogP contribution in [0.3, 0.4) is 0 Å². The van der Waals surface area contributed by atoms with Gasteiger partial charge in [-0.3, -0.25) is 4.79 Å². The highest BCUT2D eigenvalue weighted by Gasteiger charge is 2.19. The summed E-state index contributed by atoms with van der Waals surface area (Å²) in [5.74, 6) is -0.456. The Labute approximate surface area is 105 Å². The van der Waals surface area contributed by atoms with E-state index < -0.39 is 5.97 Å².